The summed E-state index contributed by atoms with van der Waals surface area (Å²) in [7, 11) is 0. The van der Waals surface area contributed by atoms with Crippen molar-refractivity contribution in [3.63, 3.8) is 0 Å². The lowest BCUT2D eigenvalue weighted by Gasteiger charge is -2.19. The molecule has 3 N–H and O–H groups in total. The molecule has 0 spiro atoms. The number of aromatic nitrogens is 1. The van der Waals surface area contributed by atoms with Gasteiger partial charge >= 0.3 is 5.97 Å². The largest absolute Gasteiger partial charge is 0.481 e. The predicted octanol–water partition coefficient (Wildman–Crippen LogP) is 5.33. The summed E-state index contributed by atoms with van der Waals surface area (Å²) in [6.07, 6.45) is 15.9. The van der Waals surface area contributed by atoms with Crippen LogP contribution < -0.4 is 10.6 Å². The highest BCUT2D eigenvalue weighted by Gasteiger charge is 2.14. The molecule has 33 heavy (non-hydrogen) atoms. The molecule has 3 rings (SSSR count). The van der Waals surface area contributed by atoms with Gasteiger partial charge in [0.05, 0.1) is 0 Å². The number of hydrogen-bond donors (Lipinski definition) is 3. The Morgan fingerprint density at radius 2 is 1.97 bits per heavy atom. The van der Waals surface area contributed by atoms with E-state index in [1.54, 1.807) is 12.4 Å². The Morgan fingerprint density at radius 3 is 2.67 bits per heavy atom. The van der Waals surface area contributed by atoms with Gasteiger partial charge in [0.2, 0.25) is 12.2 Å². The molecule has 1 heterocycles. The predicted molar refractivity (Wildman–Crippen MR) is 131 cm³/mol. The molecule has 7 heteroatoms. The molecule has 1 aliphatic carbocycles. The van der Waals surface area contributed by atoms with E-state index in [0.717, 1.165) is 35.2 Å². The van der Waals surface area contributed by atoms with Gasteiger partial charge in [0.25, 0.3) is 0 Å². The summed E-state index contributed by atoms with van der Waals surface area (Å²) in [5, 5.41) is 24.8. The summed E-state index contributed by atoms with van der Waals surface area (Å²) < 4.78 is 0. The Hall–Kier alpha value is -3.66. The Balaban J connectivity index is 1.79. The number of anilines is 1. The number of rotatable bonds is 8. The van der Waals surface area contributed by atoms with E-state index in [1.165, 1.54) is 25.7 Å². The number of nitriles is 1. The molecule has 7 nitrogen and oxygen atoms in total. The fraction of sp³-hybridized carbons (Fsp3) is 0.385. The van der Waals surface area contributed by atoms with E-state index in [9.17, 15) is 10.1 Å². The number of hydrogen-bond acceptors (Lipinski definition) is 4. The van der Waals surface area contributed by atoms with Crippen molar-refractivity contribution in [1.82, 2.24) is 10.3 Å². The van der Waals surface area contributed by atoms with Gasteiger partial charge in [0.1, 0.15) is 0 Å². The molecule has 172 valence electrons. The normalized spacial score (nSPS) is 15.4. The third-order valence-corrected chi connectivity index (χ3v) is 5.71. The number of unbranched alkanes of at least 4 members (excludes halogenated alkanes) is 1. The molecule has 1 fully saturated rings. The van der Waals surface area contributed by atoms with Gasteiger partial charge in [-0.1, -0.05) is 50.0 Å². The molecule has 1 aromatic carbocycles. The molecule has 1 aromatic heterocycles. The number of allylic oxidation sites excluding steroid dienone is 1. The maximum absolute atomic E-state index is 10.9. The molecular formula is C26H31N5O2. The number of guanidine groups is 1. The van der Waals surface area contributed by atoms with Crippen molar-refractivity contribution in [3.8, 4) is 6.19 Å². The third kappa shape index (κ3) is 8.08. The van der Waals surface area contributed by atoms with Crippen LogP contribution in [0, 0.1) is 11.5 Å². The average molecular weight is 446 g/mol. The van der Waals surface area contributed by atoms with Gasteiger partial charge in [0, 0.05) is 36.1 Å². The summed E-state index contributed by atoms with van der Waals surface area (Å²) >= 11 is 0. The first kappa shape index (κ1) is 24.0. The number of carbonyl (C=O) groups is 1. The van der Waals surface area contributed by atoms with E-state index in [4.69, 9.17) is 5.11 Å². The fourth-order valence-electron chi connectivity index (χ4n) is 4.09. The van der Waals surface area contributed by atoms with Gasteiger partial charge in [-0.25, -0.2) is 0 Å². The topological polar surface area (TPSA) is 110 Å². The highest BCUT2D eigenvalue weighted by molar-refractivity contribution is 5.95. The minimum absolute atomic E-state index is 0.138. The van der Waals surface area contributed by atoms with E-state index in [1.807, 2.05) is 42.6 Å². The molecule has 0 saturated heterocycles. The van der Waals surface area contributed by atoms with Gasteiger partial charge in [0.15, 0.2) is 0 Å². The van der Waals surface area contributed by atoms with Gasteiger partial charge < -0.3 is 15.7 Å². The molecule has 0 aliphatic heterocycles. The summed E-state index contributed by atoms with van der Waals surface area (Å²) in [4.78, 5) is 19.1. The van der Waals surface area contributed by atoms with Crippen LogP contribution in [0.25, 0.3) is 5.57 Å². The summed E-state index contributed by atoms with van der Waals surface area (Å²) in [6, 6.07) is 12.1. The number of pyridine rings is 1. The summed E-state index contributed by atoms with van der Waals surface area (Å²) in [5.74, 6) is -0.321. The van der Waals surface area contributed by atoms with Crippen LogP contribution in [0.4, 0.5) is 5.69 Å². The van der Waals surface area contributed by atoms with Crippen molar-refractivity contribution in [3.05, 3.63) is 66.0 Å². The van der Waals surface area contributed by atoms with Crippen LogP contribution in [0.1, 0.15) is 68.9 Å². The minimum atomic E-state index is -0.789. The number of aliphatic carboxylic acids is 1. The molecule has 0 atom stereocenters. The lowest BCUT2D eigenvalue weighted by molar-refractivity contribution is -0.137. The first-order chi connectivity index (χ1) is 16.2. The van der Waals surface area contributed by atoms with Crippen LogP contribution in [-0.4, -0.2) is 28.1 Å². The average Bonchev–Trinajstić information content (AvgIpc) is 3.08. The number of nitrogens with one attached hydrogen (secondary N) is 2. The van der Waals surface area contributed by atoms with Crippen molar-refractivity contribution < 1.29 is 9.90 Å². The van der Waals surface area contributed by atoms with Gasteiger partial charge in [-0.15, -0.1) is 4.99 Å². The fourth-order valence-corrected chi connectivity index (χ4v) is 4.09. The van der Waals surface area contributed by atoms with Crippen LogP contribution in [0.15, 0.2) is 59.9 Å². The SMILES string of the molecule is N#CN=C(Nc1cccc(C(=CCCCC(=O)O)c2cccnc2)c1)NC1CCCCCC1. The molecule has 1 saturated carbocycles. The Morgan fingerprint density at radius 1 is 1.18 bits per heavy atom. The smallest absolute Gasteiger partial charge is 0.303 e. The van der Waals surface area contributed by atoms with Crippen molar-refractivity contribution >= 4 is 23.2 Å². The second kappa shape index (κ2) is 13.0. The van der Waals surface area contributed by atoms with Crippen LogP contribution in [0.2, 0.25) is 0 Å². The molecule has 0 amide bonds. The van der Waals surface area contributed by atoms with Crippen molar-refractivity contribution in [1.29, 1.82) is 5.26 Å². The number of carboxylic acids is 1. The second-order valence-corrected chi connectivity index (χ2v) is 8.24. The minimum Gasteiger partial charge on any atom is -0.481 e. The van der Waals surface area contributed by atoms with E-state index in [-0.39, 0.29) is 6.42 Å². The first-order valence-corrected chi connectivity index (χ1v) is 11.6. The van der Waals surface area contributed by atoms with Crippen LogP contribution in [0.3, 0.4) is 0 Å². The van der Waals surface area contributed by atoms with E-state index in [0.29, 0.717) is 24.8 Å². The van der Waals surface area contributed by atoms with Crippen molar-refractivity contribution in [2.24, 2.45) is 4.99 Å². The van der Waals surface area contributed by atoms with Gasteiger partial charge in [-0.3, -0.25) is 9.78 Å². The second-order valence-electron chi connectivity index (χ2n) is 8.24. The van der Waals surface area contributed by atoms with Crippen molar-refractivity contribution in [2.75, 3.05) is 5.32 Å². The van der Waals surface area contributed by atoms with Crippen LogP contribution in [-0.2, 0) is 4.79 Å². The molecule has 0 unspecified atom stereocenters. The van der Waals surface area contributed by atoms with Crippen LogP contribution in [0.5, 0.6) is 0 Å². The maximum atomic E-state index is 10.9. The Bertz CT molecular complexity index is 1000. The molecule has 0 radical (unpaired) electrons. The molecule has 1 aliphatic rings. The summed E-state index contributed by atoms with van der Waals surface area (Å²) in [6.45, 7) is 0. The highest BCUT2D eigenvalue weighted by atomic mass is 16.4. The van der Waals surface area contributed by atoms with Crippen molar-refractivity contribution in [2.45, 2.75) is 63.8 Å². The number of carboxylic acid groups (broad SMARTS) is 1. The zero-order valence-electron chi connectivity index (χ0n) is 18.8. The first-order valence-electron chi connectivity index (χ1n) is 11.6. The third-order valence-electron chi connectivity index (χ3n) is 5.71. The zero-order chi connectivity index (χ0) is 23.3. The lowest BCUT2D eigenvalue weighted by atomic mass is 9.97. The van der Waals surface area contributed by atoms with Gasteiger partial charge in [-0.05, 0) is 55.0 Å². The quantitative estimate of drug-likeness (QED) is 0.167. The van der Waals surface area contributed by atoms with E-state index >= 15 is 0 Å². The summed E-state index contributed by atoms with van der Waals surface area (Å²) in [5.41, 5.74) is 3.76. The maximum Gasteiger partial charge on any atom is 0.303 e. The molecular weight excluding hydrogens is 414 g/mol. The Labute approximate surface area is 195 Å². The Kier molecular flexibility index (Phi) is 9.46. The van der Waals surface area contributed by atoms with Gasteiger partial charge in [-0.2, -0.15) is 5.26 Å². The van der Waals surface area contributed by atoms with E-state index in [2.05, 4.69) is 26.7 Å². The van der Waals surface area contributed by atoms with Crippen LogP contribution >= 0.6 is 0 Å². The molecule has 2 aromatic rings. The molecule has 0 bridgehead atoms. The highest BCUT2D eigenvalue weighted by Crippen LogP contribution is 2.26. The standard InChI is InChI=1S/C26H31N5O2/c27-19-29-26(30-22-11-3-1-2-4-12-22)31-23-13-7-9-20(17-23)24(14-5-6-15-25(32)33)21-10-8-16-28-18-21/h7-10,13-14,16-18,22H,1-6,11-12,15H2,(H,32,33)(H2,29,30,31). The lowest BCUT2D eigenvalue weighted by Crippen LogP contribution is -2.38. The number of nitrogens with zero attached hydrogens (tertiary/aromatic N) is 3. The van der Waals surface area contributed by atoms with E-state index < -0.39 is 5.97 Å². The number of aliphatic imine (C=N–C) groups is 1. The zero-order valence-corrected chi connectivity index (χ0v) is 18.8. The monoisotopic (exact) mass is 445 g/mol. The number of benzene rings is 1.